The van der Waals surface area contributed by atoms with Crippen LogP contribution in [0, 0.1) is 0 Å². The summed E-state index contributed by atoms with van der Waals surface area (Å²) in [7, 11) is 0. The van der Waals surface area contributed by atoms with E-state index in [1.807, 2.05) is 77.5 Å². The molecular formula is C29H23Cl3N4O. The molecule has 0 N–H and O–H groups in total. The van der Waals surface area contributed by atoms with Gasteiger partial charge < -0.3 is 4.42 Å². The molecule has 0 unspecified atom stereocenters. The molecule has 0 aliphatic heterocycles. The molecule has 0 atom stereocenters. The molecule has 0 spiro atoms. The predicted molar refractivity (Wildman–Crippen MR) is 148 cm³/mol. The monoisotopic (exact) mass is 548 g/mol. The molecule has 6 rings (SSSR count). The van der Waals surface area contributed by atoms with Crippen LogP contribution in [0.15, 0.2) is 77.2 Å². The van der Waals surface area contributed by atoms with E-state index in [1.165, 1.54) is 0 Å². The van der Waals surface area contributed by atoms with Crippen LogP contribution >= 0.6 is 34.8 Å². The second-order valence-corrected chi connectivity index (χ2v) is 10.5. The summed E-state index contributed by atoms with van der Waals surface area (Å²) in [5.74, 6) is 1.01. The Hall–Kier alpha value is -3.12. The van der Waals surface area contributed by atoms with Crippen LogP contribution in [-0.2, 0) is 11.8 Å². The lowest BCUT2D eigenvalue weighted by Gasteiger charge is -2.39. The van der Waals surface area contributed by atoms with Crippen molar-refractivity contribution < 1.29 is 4.42 Å². The summed E-state index contributed by atoms with van der Waals surface area (Å²) in [6, 6.07) is 23.3. The predicted octanol–water partition coefficient (Wildman–Crippen LogP) is 8.58. The lowest BCUT2D eigenvalue weighted by molar-refractivity contribution is 0.241. The number of hydrogen-bond donors (Lipinski definition) is 0. The molecule has 1 fully saturated rings. The topological polar surface area (TPSA) is 56.7 Å². The first kappa shape index (κ1) is 24.2. The Bertz CT molecular complexity index is 1570. The molecule has 2 aromatic heterocycles. The first-order valence-electron chi connectivity index (χ1n) is 12.2. The second kappa shape index (κ2) is 9.64. The van der Waals surface area contributed by atoms with Gasteiger partial charge in [-0.05, 0) is 61.2 Å². The highest BCUT2D eigenvalue weighted by atomic mass is 35.5. The van der Waals surface area contributed by atoms with Gasteiger partial charge in [0.1, 0.15) is 0 Å². The maximum atomic E-state index is 6.62. The average molecular weight is 550 g/mol. The number of benzene rings is 3. The molecule has 5 nitrogen and oxygen atoms in total. The molecule has 37 heavy (non-hydrogen) atoms. The van der Waals surface area contributed by atoms with Crippen LogP contribution in [0.25, 0.3) is 28.5 Å². The van der Waals surface area contributed by atoms with Gasteiger partial charge in [-0.2, -0.15) is 5.10 Å². The van der Waals surface area contributed by atoms with Gasteiger partial charge in [0.15, 0.2) is 5.69 Å². The number of rotatable bonds is 6. The molecule has 0 saturated heterocycles. The molecule has 1 aliphatic rings. The van der Waals surface area contributed by atoms with Crippen LogP contribution < -0.4 is 0 Å². The fraction of sp³-hybridized carbons (Fsp3) is 0.207. The van der Waals surface area contributed by atoms with E-state index in [2.05, 4.69) is 17.1 Å². The molecule has 5 aromatic rings. The van der Waals surface area contributed by atoms with Crippen molar-refractivity contribution in [3.8, 4) is 28.5 Å². The van der Waals surface area contributed by atoms with E-state index >= 15 is 0 Å². The zero-order valence-corrected chi connectivity index (χ0v) is 22.4. The van der Waals surface area contributed by atoms with E-state index in [4.69, 9.17) is 44.3 Å². The Labute approximate surface area is 230 Å². The maximum absolute atomic E-state index is 6.62. The highest BCUT2D eigenvalue weighted by Gasteiger charge is 2.45. The maximum Gasteiger partial charge on any atom is 0.268 e. The van der Waals surface area contributed by atoms with Gasteiger partial charge >= 0.3 is 0 Å². The molecular weight excluding hydrogens is 527 g/mol. The van der Waals surface area contributed by atoms with Crippen molar-refractivity contribution in [3.63, 3.8) is 0 Å². The van der Waals surface area contributed by atoms with Crippen molar-refractivity contribution in [3.05, 3.63) is 105 Å². The van der Waals surface area contributed by atoms with Crippen molar-refractivity contribution in [1.82, 2.24) is 20.0 Å². The van der Waals surface area contributed by atoms with Gasteiger partial charge in [-0.15, -0.1) is 10.2 Å². The molecule has 186 valence electrons. The van der Waals surface area contributed by atoms with Crippen LogP contribution in [-0.4, -0.2) is 20.0 Å². The Morgan fingerprint density at radius 2 is 1.54 bits per heavy atom. The molecule has 3 aromatic carbocycles. The molecule has 2 heterocycles. The molecule has 8 heteroatoms. The van der Waals surface area contributed by atoms with E-state index in [9.17, 15) is 0 Å². The minimum Gasteiger partial charge on any atom is -0.418 e. The van der Waals surface area contributed by atoms with Crippen molar-refractivity contribution in [2.45, 2.75) is 38.0 Å². The van der Waals surface area contributed by atoms with Gasteiger partial charge in [0.25, 0.3) is 5.89 Å². The third kappa shape index (κ3) is 4.15. The summed E-state index contributed by atoms with van der Waals surface area (Å²) in [5, 5.41) is 16.0. The van der Waals surface area contributed by atoms with E-state index < -0.39 is 0 Å². The molecule has 0 bridgehead atoms. The van der Waals surface area contributed by atoms with Crippen molar-refractivity contribution in [2.24, 2.45) is 0 Å². The summed E-state index contributed by atoms with van der Waals surface area (Å²) in [6.45, 7) is 2.09. The zero-order chi connectivity index (χ0) is 25.6. The Balaban J connectivity index is 1.51. The fourth-order valence-corrected chi connectivity index (χ4v) is 5.56. The third-order valence-corrected chi connectivity index (χ3v) is 8.00. The minimum absolute atomic E-state index is 0.299. The Kier molecular flexibility index (Phi) is 6.31. The Morgan fingerprint density at radius 3 is 2.16 bits per heavy atom. The van der Waals surface area contributed by atoms with Crippen molar-refractivity contribution in [2.75, 3.05) is 0 Å². The number of hydrogen-bond acceptors (Lipinski definition) is 4. The molecule has 1 aliphatic carbocycles. The van der Waals surface area contributed by atoms with E-state index in [-0.39, 0.29) is 5.41 Å². The molecule has 1 saturated carbocycles. The quantitative estimate of drug-likeness (QED) is 0.213. The summed E-state index contributed by atoms with van der Waals surface area (Å²) in [4.78, 5) is 0. The summed E-state index contributed by atoms with van der Waals surface area (Å²) >= 11 is 19.0. The summed E-state index contributed by atoms with van der Waals surface area (Å²) in [6.07, 6.45) is 3.70. The third-order valence-electron chi connectivity index (χ3n) is 7.18. The van der Waals surface area contributed by atoms with Crippen LogP contribution in [0.2, 0.25) is 15.1 Å². The normalized spacial score (nSPS) is 14.5. The van der Waals surface area contributed by atoms with Crippen LogP contribution in [0.1, 0.15) is 43.2 Å². The van der Waals surface area contributed by atoms with Gasteiger partial charge in [-0.3, -0.25) is 0 Å². The van der Waals surface area contributed by atoms with Crippen LogP contribution in [0.5, 0.6) is 0 Å². The largest absolute Gasteiger partial charge is 0.418 e. The average Bonchev–Trinajstić information content (AvgIpc) is 3.51. The highest BCUT2D eigenvalue weighted by molar-refractivity contribution is 6.32. The smallest absolute Gasteiger partial charge is 0.268 e. The fourth-order valence-electron chi connectivity index (χ4n) is 5.10. The van der Waals surface area contributed by atoms with Gasteiger partial charge in [-0.25, -0.2) is 4.68 Å². The van der Waals surface area contributed by atoms with Gasteiger partial charge in [0.05, 0.1) is 21.8 Å². The van der Waals surface area contributed by atoms with Crippen molar-refractivity contribution in [1.29, 1.82) is 0 Å². The van der Waals surface area contributed by atoms with Gasteiger partial charge in [0, 0.05) is 21.2 Å². The number of nitrogens with zero attached hydrogens (tertiary/aromatic N) is 4. The van der Waals surface area contributed by atoms with Gasteiger partial charge in [-0.1, -0.05) is 84.5 Å². The van der Waals surface area contributed by atoms with Crippen LogP contribution in [0.3, 0.4) is 0 Å². The highest BCUT2D eigenvalue weighted by Crippen LogP contribution is 2.49. The number of para-hydroxylation sites is 1. The number of halogens is 3. The van der Waals surface area contributed by atoms with Crippen LogP contribution in [0.4, 0.5) is 0 Å². The van der Waals surface area contributed by atoms with E-state index in [0.29, 0.717) is 39.0 Å². The summed E-state index contributed by atoms with van der Waals surface area (Å²) < 4.78 is 8.27. The lowest BCUT2D eigenvalue weighted by Crippen LogP contribution is -2.35. The SMILES string of the molecule is CCc1c(-c2nnc(C3(c4ccc(Cl)cc4)CCC3)o2)nn(-c2ccccc2Cl)c1-c1ccc(Cl)cc1. The van der Waals surface area contributed by atoms with E-state index in [1.54, 1.807) is 0 Å². The zero-order valence-electron chi connectivity index (χ0n) is 20.1. The first-order chi connectivity index (χ1) is 18.0. The first-order valence-corrected chi connectivity index (χ1v) is 13.4. The minimum atomic E-state index is -0.299. The lowest BCUT2D eigenvalue weighted by atomic mass is 9.64. The second-order valence-electron chi connectivity index (χ2n) is 9.25. The number of aromatic nitrogens is 4. The molecule has 0 radical (unpaired) electrons. The molecule has 0 amide bonds. The standard InChI is InChI=1S/C29H23Cl3N4O/c1-2-22-25(27-33-34-28(37-27)29(16-5-17-29)19-10-14-21(31)15-11-19)35-36(24-7-4-3-6-23(24)32)26(22)18-8-12-20(30)13-9-18/h3-4,6-15H,2,5,16-17H2,1H3. The summed E-state index contributed by atoms with van der Waals surface area (Å²) in [5.41, 5.74) is 5.13. The van der Waals surface area contributed by atoms with Gasteiger partial charge in [0.2, 0.25) is 5.89 Å². The van der Waals surface area contributed by atoms with E-state index in [0.717, 1.165) is 47.3 Å². The van der Waals surface area contributed by atoms with Crippen molar-refractivity contribution >= 4 is 34.8 Å². The Morgan fingerprint density at radius 1 is 0.865 bits per heavy atom.